The largest absolute Gasteiger partial charge is 0.470 e. The molecule has 0 radical (unpaired) electrons. The van der Waals surface area contributed by atoms with Gasteiger partial charge in [0.1, 0.15) is 0 Å². The topological polar surface area (TPSA) is 46.2 Å². The monoisotopic (exact) mass is 291 g/mol. The van der Waals surface area contributed by atoms with Crippen molar-refractivity contribution in [2.45, 2.75) is 30.3 Å². The van der Waals surface area contributed by atoms with Crippen LogP contribution in [0.1, 0.15) is 12.8 Å². The second-order valence-corrected chi connectivity index (χ2v) is 6.28. The number of allylic oxidation sites excluding steroid dienone is 1. The zero-order valence-corrected chi connectivity index (χ0v) is 9.73. The zero-order valence-electron chi connectivity index (χ0n) is 8.92. The summed E-state index contributed by atoms with van der Waals surface area (Å²) in [4.78, 5) is 0. The van der Waals surface area contributed by atoms with Gasteiger partial charge < -0.3 is 0 Å². The molecule has 0 saturated heterocycles. The van der Waals surface area contributed by atoms with E-state index in [0.717, 1.165) is 0 Å². The lowest BCUT2D eigenvalue weighted by atomic mass is 10.0. The van der Waals surface area contributed by atoms with Crippen LogP contribution in [0.2, 0.25) is 0 Å². The van der Waals surface area contributed by atoms with Crippen molar-refractivity contribution in [2.75, 3.05) is 0 Å². The van der Waals surface area contributed by atoms with Gasteiger partial charge in [-0.1, -0.05) is 12.2 Å². The van der Waals surface area contributed by atoms with Crippen LogP contribution in [0.4, 0.5) is 22.0 Å². The molecule has 3 atom stereocenters. The Morgan fingerprint density at radius 3 is 2.06 bits per heavy atom. The van der Waals surface area contributed by atoms with Gasteiger partial charge in [-0.2, -0.15) is 22.0 Å². The average molecular weight is 291 g/mol. The highest BCUT2D eigenvalue weighted by Crippen LogP contribution is 2.43. The van der Waals surface area contributed by atoms with Gasteiger partial charge in [-0.15, -0.1) is 0 Å². The molecule has 0 amide bonds. The Morgan fingerprint density at radius 1 is 1.06 bits per heavy atom. The first-order valence-electron chi connectivity index (χ1n) is 5.19. The minimum Gasteiger partial charge on any atom is -0.206 e. The lowest BCUT2D eigenvalue weighted by Gasteiger charge is -2.25. The summed E-state index contributed by atoms with van der Waals surface area (Å²) in [6.45, 7) is 0. The Balaban J connectivity index is 2.16. The molecule has 2 aliphatic rings. The number of hydrogen-bond donors (Lipinski definition) is 1. The van der Waals surface area contributed by atoms with E-state index in [1.807, 2.05) is 6.08 Å². The number of rotatable bonds is 3. The molecule has 9 heteroatoms. The van der Waals surface area contributed by atoms with Gasteiger partial charge in [0.05, 0.1) is 0 Å². The normalized spacial score (nSPS) is 32.2. The fourth-order valence-electron chi connectivity index (χ4n) is 2.34. The van der Waals surface area contributed by atoms with Crippen LogP contribution in [-0.2, 0) is 10.0 Å². The van der Waals surface area contributed by atoms with E-state index in [9.17, 15) is 30.4 Å². The molecule has 0 aromatic heterocycles. The predicted molar refractivity (Wildman–Crippen MR) is 52.2 cm³/mol. The van der Waals surface area contributed by atoms with Crippen LogP contribution in [0.25, 0.3) is 0 Å². The molecule has 0 aromatic carbocycles. The van der Waals surface area contributed by atoms with Crippen molar-refractivity contribution in [1.29, 1.82) is 0 Å². The number of sulfonamides is 1. The summed E-state index contributed by atoms with van der Waals surface area (Å²) >= 11 is 0. The van der Waals surface area contributed by atoms with Crippen LogP contribution in [0.5, 0.6) is 0 Å². The van der Waals surface area contributed by atoms with Crippen molar-refractivity contribution in [3.05, 3.63) is 12.2 Å². The third-order valence-corrected chi connectivity index (χ3v) is 4.77. The number of halogens is 5. The molecule has 2 rings (SSSR count). The molecule has 18 heavy (non-hydrogen) atoms. The quantitative estimate of drug-likeness (QED) is 0.639. The third-order valence-electron chi connectivity index (χ3n) is 3.25. The Labute approximate surface area is 100 Å². The van der Waals surface area contributed by atoms with Gasteiger partial charge in [-0.25, -0.2) is 13.1 Å². The summed E-state index contributed by atoms with van der Waals surface area (Å²) in [5.74, 6) is -0.240. The Bertz CT molecular complexity index is 470. The van der Waals surface area contributed by atoms with Crippen molar-refractivity contribution in [3.63, 3.8) is 0 Å². The van der Waals surface area contributed by atoms with E-state index in [-0.39, 0.29) is 18.3 Å². The molecule has 1 saturated carbocycles. The van der Waals surface area contributed by atoms with Crippen LogP contribution in [-0.4, -0.2) is 25.9 Å². The molecule has 3 nitrogen and oxygen atoms in total. The molecule has 0 aliphatic heterocycles. The van der Waals surface area contributed by atoms with Gasteiger partial charge in [0, 0.05) is 6.04 Å². The molecular formula is C9H10F5NO2S. The molecule has 2 bridgehead atoms. The fourth-order valence-corrected chi connectivity index (χ4v) is 3.46. The first kappa shape index (κ1) is 13.7. The summed E-state index contributed by atoms with van der Waals surface area (Å²) in [5.41, 5.74) is 0. The smallest absolute Gasteiger partial charge is 0.206 e. The van der Waals surface area contributed by atoms with Gasteiger partial charge in [0.25, 0.3) is 10.0 Å². The summed E-state index contributed by atoms with van der Waals surface area (Å²) in [5, 5.41) is -5.77. The molecule has 3 unspecified atom stereocenters. The number of alkyl halides is 5. The van der Waals surface area contributed by atoms with Crippen LogP contribution in [0.15, 0.2) is 12.2 Å². The molecule has 1 N–H and O–H groups in total. The molecule has 0 heterocycles. The average Bonchev–Trinajstić information content (AvgIpc) is 2.76. The van der Waals surface area contributed by atoms with Crippen LogP contribution in [0, 0.1) is 11.8 Å². The minimum absolute atomic E-state index is 0.0576. The molecule has 2 aliphatic carbocycles. The van der Waals surface area contributed by atoms with Gasteiger partial charge in [-0.05, 0) is 24.7 Å². The van der Waals surface area contributed by atoms with Gasteiger partial charge in [-0.3, -0.25) is 0 Å². The minimum atomic E-state index is -6.12. The van der Waals surface area contributed by atoms with Gasteiger partial charge in [0.2, 0.25) is 0 Å². The van der Waals surface area contributed by atoms with E-state index in [1.54, 1.807) is 6.08 Å². The lowest BCUT2D eigenvalue weighted by Crippen LogP contribution is -2.53. The van der Waals surface area contributed by atoms with E-state index in [4.69, 9.17) is 0 Å². The van der Waals surface area contributed by atoms with Crippen molar-refractivity contribution in [2.24, 2.45) is 11.8 Å². The SMILES string of the molecule is O=S(=O)(NC1CC2C=CC1C2)C(F)(F)C(F)(F)F. The van der Waals surface area contributed by atoms with Crippen molar-refractivity contribution >= 4 is 10.0 Å². The summed E-state index contributed by atoms with van der Waals surface area (Å²) in [6, 6.07) is -0.877. The Morgan fingerprint density at radius 2 is 1.67 bits per heavy atom. The van der Waals surface area contributed by atoms with Crippen LogP contribution >= 0.6 is 0 Å². The van der Waals surface area contributed by atoms with Crippen LogP contribution in [0.3, 0.4) is 0 Å². The first-order chi connectivity index (χ1) is 8.04. The highest BCUT2D eigenvalue weighted by atomic mass is 32.2. The maximum atomic E-state index is 12.8. The fraction of sp³-hybridized carbons (Fsp3) is 0.778. The number of fused-ring (bicyclic) bond motifs is 2. The summed E-state index contributed by atoms with van der Waals surface area (Å²) < 4.78 is 85.4. The molecule has 104 valence electrons. The van der Waals surface area contributed by atoms with Gasteiger partial charge in [0.15, 0.2) is 0 Å². The van der Waals surface area contributed by atoms with E-state index in [1.165, 1.54) is 4.72 Å². The predicted octanol–water partition coefficient (Wildman–Crippen LogP) is 2.03. The maximum absolute atomic E-state index is 12.8. The summed E-state index contributed by atoms with van der Waals surface area (Å²) in [7, 11) is -5.77. The van der Waals surface area contributed by atoms with E-state index < -0.39 is 27.5 Å². The Hall–Kier alpha value is -0.700. The van der Waals surface area contributed by atoms with E-state index in [0.29, 0.717) is 6.42 Å². The second-order valence-electron chi connectivity index (χ2n) is 4.52. The molecule has 0 spiro atoms. The van der Waals surface area contributed by atoms with Gasteiger partial charge >= 0.3 is 11.4 Å². The number of hydrogen-bond acceptors (Lipinski definition) is 2. The van der Waals surface area contributed by atoms with E-state index >= 15 is 0 Å². The molecule has 1 fully saturated rings. The maximum Gasteiger partial charge on any atom is 0.470 e. The highest BCUT2D eigenvalue weighted by molar-refractivity contribution is 7.90. The second kappa shape index (κ2) is 3.89. The molecule has 0 aromatic rings. The van der Waals surface area contributed by atoms with E-state index in [2.05, 4.69) is 0 Å². The van der Waals surface area contributed by atoms with Crippen molar-refractivity contribution < 1.29 is 30.4 Å². The third kappa shape index (κ3) is 2.03. The van der Waals surface area contributed by atoms with Crippen molar-refractivity contribution in [3.8, 4) is 0 Å². The van der Waals surface area contributed by atoms with Crippen LogP contribution < -0.4 is 4.72 Å². The number of nitrogens with one attached hydrogen (secondary N) is 1. The summed E-state index contributed by atoms with van der Waals surface area (Å²) in [6.07, 6.45) is -1.81. The highest BCUT2D eigenvalue weighted by Gasteiger charge is 2.67. The zero-order chi connectivity index (χ0) is 13.8. The standard InChI is InChI=1S/C9H10F5NO2S/c10-8(11,12)9(13,14)18(16,17)15-7-4-5-1-2-6(7)3-5/h1-2,5-7,15H,3-4H2. The lowest BCUT2D eigenvalue weighted by molar-refractivity contribution is -0.241. The molecular weight excluding hydrogens is 281 g/mol. The van der Waals surface area contributed by atoms with Crippen molar-refractivity contribution in [1.82, 2.24) is 4.72 Å². The Kier molecular flexibility index (Phi) is 2.97. The first-order valence-corrected chi connectivity index (χ1v) is 6.67.